The van der Waals surface area contributed by atoms with Crippen LogP contribution in [0.5, 0.6) is 0 Å². The van der Waals surface area contributed by atoms with Gasteiger partial charge in [-0.3, -0.25) is 24.6 Å². The van der Waals surface area contributed by atoms with Crippen LogP contribution in [-0.4, -0.2) is 16.6 Å². The minimum absolute atomic E-state index is 0.0141. The number of amides is 1. The van der Waals surface area contributed by atoms with Gasteiger partial charge >= 0.3 is 5.00 Å². The quantitative estimate of drug-likeness (QED) is 0.565. The van der Waals surface area contributed by atoms with Crippen molar-refractivity contribution in [2.24, 2.45) is 5.41 Å². The van der Waals surface area contributed by atoms with Gasteiger partial charge < -0.3 is 5.32 Å². The van der Waals surface area contributed by atoms with E-state index >= 15 is 0 Å². The van der Waals surface area contributed by atoms with Crippen LogP contribution in [0, 0.1) is 15.5 Å². The van der Waals surface area contributed by atoms with Crippen molar-refractivity contribution in [1.29, 1.82) is 0 Å². The van der Waals surface area contributed by atoms with Crippen LogP contribution in [-0.2, 0) is 9.59 Å². The van der Waals surface area contributed by atoms with Gasteiger partial charge in [-0.25, -0.2) is 0 Å². The summed E-state index contributed by atoms with van der Waals surface area (Å²) in [5.74, 6) is -0.268. The minimum Gasteiger partial charge on any atom is -0.357 e. The highest BCUT2D eigenvalue weighted by atomic mass is 32.1. The lowest BCUT2D eigenvalue weighted by molar-refractivity contribution is -0.380. The van der Waals surface area contributed by atoms with E-state index in [0.29, 0.717) is 29.0 Å². The second-order valence-corrected chi connectivity index (χ2v) is 9.29. The number of thiophene rings is 1. The van der Waals surface area contributed by atoms with Crippen LogP contribution in [0.2, 0.25) is 0 Å². The molecule has 0 fully saturated rings. The summed E-state index contributed by atoms with van der Waals surface area (Å²) in [5.41, 5.74) is 2.49. The number of rotatable bonds is 2. The van der Waals surface area contributed by atoms with Crippen molar-refractivity contribution in [2.45, 2.75) is 39.7 Å². The molecule has 29 heavy (non-hydrogen) atoms. The topological polar surface area (TPSA) is 92.6 Å². The monoisotopic (exact) mass is 411 g/mol. The van der Waals surface area contributed by atoms with Gasteiger partial charge in [-0.05, 0) is 30.0 Å². The average Bonchev–Trinajstić information content (AvgIpc) is 3.05. The number of nitrogens with one attached hydrogen (secondary N) is 1. The molecule has 1 aliphatic heterocycles. The molecule has 150 valence electrons. The van der Waals surface area contributed by atoms with E-state index in [4.69, 9.17) is 0 Å². The number of allylic oxidation sites excluding steroid dienone is 1. The average molecular weight is 411 g/mol. The van der Waals surface area contributed by atoms with E-state index < -0.39 is 11.0 Å². The van der Waals surface area contributed by atoms with Gasteiger partial charge in [0.05, 0.1) is 16.3 Å². The zero-order valence-corrected chi connectivity index (χ0v) is 17.2. The molecule has 0 unspecified atom stereocenters. The first kappa shape index (κ1) is 19.3. The zero-order chi connectivity index (χ0) is 20.9. The molecule has 7 nitrogen and oxygen atoms in total. The van der Waals surface area contributed by atoms with Gasteiger partial charge in [-0.1, -0.05) is 37.3 Å². The number of anilines is 2. The lowest BCUT2D eigenvalue weighted by atomic mass is 9.74. The molecule has 1 atom stereocenters. The summed E-state index contributed by atoms with van der Waals surface area (Å²) >= 11 is 1.00. The number of para-hydroxylation sites is 2. The van der Waals surface area contributed by atoms with Gasteiger partial charge in [0.1, 0.15) is 6.04 Å². The highest BCUT2D eigenvalue weighted by Gasteiger charge is 2.43. The number of nitro groups is 1. The number of fused-ring (bicyclic) bond motifs is 1. The molecule has 1 aromatic carbocycles. The Kier molecular flexibility index (Phi) is 4.53. The summed E-state index contributed by atoms with van der Waals surface area (Å²) in [6, 6.07) is 9.79. The van der Waals surface area contributed by atoms with E-state index in [9.17, 15) is 19.7 Å². The van der Waals surface area contributed by atoms with E-state index in [1.54, 1.807) is 11.0 Å². The fourth-order valence-corrected chi connectivity index (χ4v) is 5.11. The van der Waals surface area contributed by atoms with Crippen molar-refractivity contribution >= 4 is 39.4 Å². The Morgan fingerprint density at radius 2 is 1.97 bits per heavy atom. The second-order valence-electron chi connectivity index (χ2n) is 8.20. The Hall–Kier alpha value is -3.00. The number of hydrogen-bond donors (Lipinski definition) is 1. The van der Waals surface area contributed by atoms with Crippen LogP contribution >= 0.6 is 11.3 Å². The van der Waals surface area contributed by atoms with Crippen LogP contribution in [0.3, 0.4) is 0 Å². The molecule has 2 aromatic rings. The maximum absolute atomic E-state index is 13.3. The number of Topliss-reactive ketones (excluding diaryl/α,β-unsaturated/α-hetero) is 1. The van der Waals surface area contributed by atoms with Gasteiger partial charge in [-0.2, -0.15) is 0 Å². The number of hydrogen-bond acceptors (Lipinski definition) is 6. The summed E-state index contributed by atoms with van der Waals surface area (Å²) in [6.45, 7) is 5.54. The predicted molar refractivity (Wildman–Crippen MR) is 112 cm³/mol. The highest BCUT2D eigenvalue weighted by Crippen LogP contribution is 2.49. The first-order chi connectivity index (χ1) is 13.7. The van der Waals surface area contributed by atoms with Gasteiger partial charge in [0.25, 0.3) is 0 Å². The number of ketones is 1. The van der Waals surface area contributed by atoms with Crippen molar-refractivity contribution in [3.8, 4) is 0 Å². The Morgan fingerprint density at radius 3 is 2.62 bits per heavy atom. The molecular weight excluding hydrogens is 390 g/mol. The molecule has 4 rings (SSSR count). The molecule has 0 saturated heterocycles. The Bertz CT molecular complexity index is 1070. The third kappa shape index (κ3) is 3.33. The van der Waals surface area contributed by atoms with E-state index in [2.05, 4.69) is 5.32 Å². The Morgan fingerprint density at radius 1 is 1.24 bits per heavy atom. The molecule has 1 amide bonds. The molecule has 1 N–H and O–H groups in total. The molecule has 0 spiro atoms. The normalized spacial score (nSPS) is 20.4. The molecule has 8 heteroatoms. The number of carbonyl (C=O) groups is 2. The fraction of sp³-hybridized carbons (Fsp3) is 0.333. The molecule has 1 aromatic heterocycles. The van der Waals surface area contributed by atoms with Crippen LogP contribution in [0.4, 0.5) is 16.4 Å². The summed E-state index contributed by atoms with van der Waals surface area (Å²) in [7, 11) is 0. The van der Waals surface area contributed by atoms with Gasteiger partial charge in [-0.15, -0.1) is 0 Å². The molecule has 0 saturated carbocycles. The summed E-state index contributed by atoms with van der Waals surface area (Å²) in [4.78, 5) is 39.0. The lowest BCUT2D eigenvalue weighted by Crippen LogP contribution is -2.38. The maximum Gasteiger partial charge on any atom is 0.324 e. The summed E-state index contributed by atoms with van der Waals surface area (Å²) in [5, 5.41) is 14.6. The Labute approximate surface area is 172 Å². The maximum atomic E-state index is 13.3. The fourth-order valence-electron chi connectivity index (χ4n) is 4.19. The van der Waals surface area contributed by atoms with Crippen LogP contribution in [0.1, 0.15) is 44.5 Å². The van der Waals surface area contributed by atoms with Crippen LogP contribution in [0.25, 0.3) is 0 Å². The largest absolute Gasteiger partial charge is 0.357 e. The number of benzene rings is 1. The van der Waals surface area contributed by atoms with Crippen molar-refractivity contribution in [3.63, 3.8) is 0 Å². The van der Waals surface area contributed by atoms with E-state index in [-0.39, 0.29) is 22.1 Å². The molecule has 1 aliphatic carbocycles. The SMILES string of the molecule is CC(=O)N1c2ccccc2NC2=C(C(=O)CC(C)(C)C2)[C@H]1c1ccc([N+](=O)[O-])s1. The van der Waals surface area contributed by atoms with Crippen molar-refractivity contribution in [2.75, 3.05) is 10.2 Å². The summed E-state index contributed by atoms with van der Waals surface area (Å²) in [6.07, 6.45) is 1.01. The van der Waals surface area contributed by atoms with Crippen molar-refractivity contribution in [1.82, 2.24) is 0 Å². The third-order valence-corrected chi connectivity index (χ3v) is 6.39. The zero-order valence-electron chi connectivity index (χ0n) is 16.4. The molecule has 0 bridgehead atoms. The standard InChI is InChI=1S/C21H21N3O4S/c1-12(25)23-15-7-5-4-6-13(15)22-14-10-21(2,3)11-16(26)19(14)20(23)17-8-9-18(29-17)24(27)28/h4-9,20,22H,10-11H2,1-3H3/t20-/m1/s1. The van der Waals surface area contributed by atoms with Crippen molar-refractivity contribution < 1.29 is 14.5 Å². The predicted octanol–water partition coefficient (Wildman–Crippen LogP) is 4.82. The molecule has 2 heterocycles. The van der Waals surface area contributed by atoms with Gasteiger partial charge in [0, 0.05) is 35.6 Å². The van der Waals surface area contributed by atoms with Gasteiger partial charge in [0.2, 0.25) is 5.91 Å². The summed E-state index contributed by atoms with van der Waals surface area (Å²) < 4.78 is 0. The molecule has 0 radical (unpaired) electrons. The van der Waals surface area contributed by atoms with Crippen LogP contribution in [0.15, 0.2) is 47.7 Å². The van der Waals surface area contributed by atoms with E-state index in [0.717, 1.165) is 22.7 Å². The second kappa shape index (κ2) is 6.81. The van der Waals surface area contributed by atoms with Crippen molar-refractivity contribution in [3.05, 3.63) is 62.7 Å². The molecule has 2 aliphatic rings. The molecular formula is C21H21N3O4S. The first-order valence-electron chi connectivity index (χ1n) is 9.34. The van der Waals surface area contributed by atoms with Gasteiger partial charge in [0.15, 0.2) is 5.78 Å². The number of carbonyl (C=O) groups excluding carboxylic acids is 2. The van der Waals surface area contributed by atoms with E-state index in [1.807, 2.05) is 38.1 Å². The smallest absolute Gasteiger partial charge is 0.324 e. The Balaban J connectivity index is 1.99. The lowest BCUT2D eigenvalue weighted by Gasteiger charge is -2.36. The van der Waals surface area contributed by atoms with E-state index in [1.165, 1.54) is 13.0 Å². The van der Waals surface area contributed by atoms with Crippen LogP contribution < -0.4 is 10.2 Å². The number of nitrogens with zero attached hydrogens (tertiary/aromatic N) is 2. The highest BCUT2D eigenvalue weighted by molar-refractivity contribution is 7.15. The minimum atomic E-state index is -0.694. The first-order valence-corrected chi connectivity index (χ1v) is 10.2. The third-order valence-electron chi connectivity index (χ3n) is 5.30.